The van der Waals surface area contributed by atoms with E-state index in [1.807, 2.05) is 21.6 Å². The zero-order valence-corrected chi connectivity index (χ0v) is 6.67. The van der Waals surface area contributed by atoms with Crippen molar-refractivity contribution < 1.29 is 9.90 Å². The Bertz CT molecular complexity index is 102. The fraction of sp³-hybridized carbons (Fsp3) is 0.400. The van der Waals surface area contributed by atoms with E-state index in [9.17, 15) is 0 Å². The van der Waals surface area contributed by atoms with Crippen molar-refractivity contribution in [3.63, 3.8) is 0 Å². The molecule has 0 unspecified atom stereocenters. The Hall–Kier alpha value is -0.0900. The van der Waals surface area contributed by atoms with Gasteiger partial charge in [0.15, 0.2) is 0 Å². The molecule has 1 N–H and O–H groups in total. The average Bonchev–Trinajstić information content (AvgIpc) is 2.11. The Balaban J connectivity index is 0.000000148. The number of hydrogen-bond donors (Lipinski definition) is 1. The first-order chi connectivity index (χ1) is 4.23. The molecule has 0 spiro atoms. The lowest BCUT2D eigenvalue weighted by atomic mass is 10.8. The van der Waals surface area contributed by atoms with Gasteiger partial charge in [0, 0.05) is 12.7 Å². The summed E-state index contributed by atoms with van der Waals surface area (Å²) in [6.07, 6.45) is 2.16. The van der Waals surface area contributed by atoms with Gasteiger partial charge in [0.05, 0.1) is 0 Å². The molecule has 0 fully saturated rings. The van der Waals surface area contributed by atoms with Crippen LogP contribution < -0.4 is 0 Å². The van der Waals surface area contributed by atoms with E-state index in [4.69, 9.17) is 9.90 Å². The molecular formula is C5H8O2S2. The van der Waals surface area contributed by atoms with Crippen LogP contribution in [-0.4, -0.2) is 16.8 Å². The van der Waals surface area contributed by atoms with Gasteiger partial charge < -0.3 is 5.11 Å². The first kappa shape index (κ1) is 8.91. The summed E-state index contributed by atoms with van der Waals surface area (Å²) < 4.78 is 0. The molecule has 0 saturated heterocycles. The van der Waals surface area contributed by atoms with Crippen LogP contribution in [0.15, 0.2) is 11.5 Å². The molecule has 1 aliphatic heterocycles. The summed E-state index contributed by atoms with van der Waals surface area (Å²) in [7, 11) is 3.69. The molecule has 1 rings (SSSR count). The molecule has 9 heavy (non-hydrogen) atoms. The maximum absolute atomic E-state index is 9.00. The number of hydrogen-bond acceptors (Lipinski definition) is 3. The van der Waals surface area contributed by atoms with Crippen LogP contribution in [0.5, 0.6) is 0 Å². The maximum Gasteiger partial charge on any atom is 0.300 e. The van der Waals surface area contributed by atoms with Crippen molar-refractivity contribution in [3.8, 4) is 0 Å². The van der Waals surface area contributed by atoms with E-state index in [1.54, 1.807) is 0 Å². The zero-order chi connectivity index (χ0) is 7.11. The monoisotopic (exact) mass is 164 g/mol. The van der Waals surface area contributed by atoms with Gasteiger partial charge in [-0.2, -0.15) is 0 Å². The summed E-state index contributed by atoms with van der Waals surface area (Å²) in [5, 5.41) is 9.53. The number of carboxylic acid groups (broad SMARTS) is 1. The molecule has 0 bridgehead atoms. The minimum Gasteiger partial charge on any atom is -0.481 e. The number of rotatable bonds is 0. The van der Waals surface area contributed by atoms with Gasteiger partial charge in [0.1, 0.15) is 0 Å². The molecule has 0 aromatic rings. The topological polar surface area (TPSA) is 37.3 Å². The second-order valence-corrected chi connectivity index (χ2v) is 3.59. The van der Waals surface area contributed by atoms with E-state index in [1.165, 1.54) is 5.75 Å². The third-order valence-electron chi connectivity index (χ3n) is 0.384. The third-order valence-corrected chi connectivity index (χ3v) is 2.30. The van der Waals surface area contributed by atoms with Crippen LogP contribution in [0.25, 0.3) is 0 Å². The molecule has 0 saturated carbocycles. The minimum absolute atomic E-state index is 0.833. The van der Waals surface area contributed by atoms with Crippen molar-refractivity contribution in [2.24, 2.45) is 0 Å². The van der Waals surface area contributed by atoms with E-state index in [2.05, 4.69) is 11.5 Å². The highest BCUT2D eigenvalue weighted by atomic mass is 33.1. The van der Waals surface area contributed by atoms with Crippen molar-refractivity contribution in [1.29, 1.82) is 0 Å². The molecule has 0 aromatic carbocycles. The van der Waals surface area contributed by atoms with Crippen molar-refractivity contribution >= 4 is 27.6 Å². The van der Waals surface area contributed by atoms with Crippen LogP contribution in [0, 0.1) is 0 Å². The molecule has 0 radical (unpaired) electrons. The molecule has 0 amide bonds. The van der Waals surface area contributed by atoms with Crippen molar-refractivity contribution in [2.75, 3.05) is 5.75 Å². The van der Waals surface area contributed by atoms with Gasteiger partial charge in [-0.3, -0.25) is 4.79 Å². The number of carboxylic acids is 1. The Morgan fingerprint density at radius 3 is 2.44 bits per heavy atom. The van der Waals surface area contributed by atoms with Gasteiger partial charge in [-0.15, -0.1) is 0 Å². The molecule has 52 valence electrons. The Morgan fingerprint density at radius 2 is 2.33 bits per heavy atom. The molecule has 0 atom stereocenters. The summed E-state index contributed by atoms with van der Waals surface area (Å²) >= 11 is 0. The molecule has 1 heterocycles. The molecule has 0 aliphatic carbocycles. The first-order valence-electron chi connectivity index (χ1n) is 2.36. The second kappa shape index (κ2) is 6.04. The molecular weight excluding hydrogens is 156 g/mol. The van der Waals surface area contributed by atoms with E-state index in [0.29, 0.717) is 0 Å². The van der Waals surface area contributed by atoms with Crippen LogP contribution in [0.3, 0.4) is 0 Å². The van der Waals surface area contributed by atoms with E-state index in [-0.39, 0.29) is 0 Å². The third kappa shape index (κ3) is 11.5. The Labute approximate surface area is 62.1 Å². The predicted molar refractivity (Wildman–Crippen MR) is 42.5 cm³/mol. The van der Waals surface area contributed by atoms with Gasteiger partial charge in [-0.05, 0) is 5.41 Å². The second-order valence-electron chi connectivity index (χ2n) is 1.27. The number of carbonyl (C=O) groups is 1. The highest BCUT2D eigenvalue weighted by molar-refractivity contribution is 8.78. The quantitative estimate of drug-likeness (QED) is 0.555. The summed E-state index contributed by atoms with van der Waals surface area (Å²) in [4.78, 5) is 9.00. The van der Waals surface area contributed by atoms with E-state index >= 15 is 0 Å². The molecule has 4 heteroatoms. The minimum atomic E-state index is -0.833. The van der Waals surface area contributed by atoms with E-state index < -0.39 is 5.97 Å². The smallest absolute Gasteiger partial charge is 0.300 e. The van der Waals surface area contributed by atoms with Crippen LogP contribution in [0.4, 0.5) is 0 Å². The Morgan fingerprint density at radius 1 is 1.78 bits per heavy atom. The highest BCUT2D eigenvalue weighted by Crippen LogP contribution is 2.27. The van der Waals surface area contributed by atoms with Crippen LogP contribution >= 0.6 is 21.6 Å². The fourth-order valence-electron chi connectivity index (χ4n) is 0.196. The molecule has 1 aliphatic rings. The van der Waals surface area contributed by atoms with Gasteiger partial charge in [-0.25, -0.2) is 0 Å². The molecule has 2 nitrogen and oxygen atoms in total. The first-order valence-corrected chi connectivity index (χ1v) is 4.74. The van der Waals surface area contributed by atoms with Crippen LogP contribution in [-0.2, 0) is 4.79 Å². The van der Waals surface area contributed by atoms with Crippen molar-refractivity contribution in [1.82, 2.24) is 0 Å². The maximum atomic E-state index is 9.00. The Kier molecular flexibility index (Phi) is 5.98. The van der Waals surface area contributed by atoms with Gasteiger partial charge in [0.25, 0.3) is 5.97 Å². The summed E-state index contributed by atoms with van der Waals surface area (Å²) in [5.41, 5.74) is 0. The van der Waals surface area contributed by atoms with Crippen LogP contribution in [0.2, 0.25) is 0 Å². The normalized spacial score (nSPS) is 14.3. The number of aliphatic carboxylic acids is 1. The zero-order valence-electron chi connectivity index (χ0n) is 5.03. The standard InChI is InChI=1S/C3H4S2.C2H4O2/c1-2-4-5-3-1;1-2(3)4/h1-2H,3H2;1H3,(H,3,4). The van der Waals surface area contributed by atoms with Crippen molar-refractivity contribution in [2.45, 2.75) is 6.92 Å². The van der Waals surface area contributed by atoms with Crippen LogP contribution in [0.1, 0.15) is 6.92 Å². The van der Waals surface area contributed by atoms with Gasteiger partial charge >= 0.3 is 0 Å². The summed E-state index contributed by atoms with van der Waals surface area (Å²) in [6, 6.07) is 0. The lowest BCUT2D eigenvalue weighted by Gasteiger charge is -1.69. The largest absolute Gasteiger partial charge is 0.481 e. The average molecular weight is 164 g/mol. The van der Waals surface area contributed by atoms with Gasteiger partial charge in [-0.1, -0.05) is 27.7 Å². The lowest BCUT2D eigenvalue weighted by Crippen LogP contribution is -1.78. The molecule has 0 aromatic heterocycles. The highest BCUT2D eigenvalue weighted by Gasteiger charge is 1.85. The fourth-order valence-corrected chi connectivity index (χ4v) is 1.77. The van der Waals surface area contributed by atoms with E-state index in [0.717, 1.165) is 6.92 Å². The SMILES string of the molecule is C1=CSSC1.CC(=O)O. The van der Waals surface area contributed by atoms with Gasteiger partial charge in [0.2, 0.25) is 0 Å². The predicted octanol–water partition coefficient (Wildman–Crippen LogP) is 1.99. The summed E-state index contributed by atoms with van der Waals surface area (Å²) in [5.74, 6) is 0.366. The van der Waals surface area contributed by atoms with Crippen molar-refractivity contribution in [3.05, 3.63) is 11.5 Å². The summed E-state index contributed by atoms with van der Waals surface area (Å²) in [6.45, 7) is 1.08. The lowest BCUT2D eigenvalue weighted by molar-refractivity contribution is -0.134.